The van der Waals surface area contributed by atoms with Gasteiger partial charge in [-0.1, -0.05) is 13.3 Å². The molecule has 0 aromatic carbocycles. The Bertz CT molecular complexity index is 252. The van der Waals surface area contributed by atoms with E-state index in [1.54, 1.807) is 18.7 Å². The summed E-state index contributed by atoms with van der Waals surface area (Å²) < 4.78 is 0. The lowest BCUT2D eigenvalue weighted by molar-refractivity contribution is -0.140. The molecule has 19 heavy (non-hydrogen) atoms. The normalized spacial score (nSPS) is 13.1. The Morgan fingerprint density at radius 1 is 1.26 bits per heavy atom. The lowest BCUT2D eigenvalue weighted by Gasteiger charge is -2.04. The van der Waals surface area contributed by atoms with Crippen LogP contribution in [-0.4, -0.2) is 53.8 Å². The van der Waals surface area contributed by atoms with Crippen molar-refractivity contribution in [2.45, 2.75) is 32.2 Å². The fourth-order valence-corrected chi connectivity index (χ4v) is 1.75. The average Bonchev–Trinajstić information content (AvgIpc) is 2.35. The molecule has 0 amide bonds. The molecule has 2 unspecified atom stereocenters. The molecule has 0 rings (SSSR count). The van der Waals surface area contributed by atoms with Crippen LogP contribution in [0.1, 0.15) is 26.2 Å². The van der Waals surface area contributed by atoms with Crippen molar-refractivity contribution < 1.29 is 19.8 Å². The Morgan fingerprint density at radius 3 is 2.16 bits per heavy atom. The number of aliphatic carboxylic acids is 2. The van der Waals surface area contributed by atoms with Gasteiger partial charge >= 0.3 is 11.9 Å². The minimum absolute atomic E-state index is 0.204. The van der Waals surface area contributed by atoms with Gasteiger partial charge in [0.15, 0.2) is 0 Å². The second-order valence-electron chi connectivity index (χ2n) is 4.24. The third kappa shape index (κ3) is 15.2. The first kappa shape index (κ1) is 20.5. The van der Waals surface area contributed by atoms with E-state index in [1.807, 2.05) is 13.3 Å². The topological polar surface area (TPSA) is 113 Å². The lowest BCUT2D eigenvalue weighted by atomic mass is 10.1. The molecular weight excluding hydrogens is 268 g/mol. The number of carboxylic acids is 2. The molecule has 0 heterocycles. The molecule has 0 saturated carbocycles. The molecule has 0 saturated heterocycles. The number of hydrogen-bond donors (Lipinski definition) is 4. The molecule has 5 N–H and O–H groups in total. The van der Waals surface area contributed by atoms with Crippen molar-refractivity contribution in [2.75, 3.05) is 25.6 Å². The molecule has 0 fully saturated rings. The molecule has 0 spiro atoms. The minimum atomic E-state index is -0.908. The lowest BCUT2D eigenvalue weighted by Crippen LogP contribution is -2.29. The van der Waals surface area contributed by atoms with Gasteiger partial charge in [0.2, 0.25) is 0 Å². The average molecular weight is 294 g/mol. The van der Waals surface area contributed by atoms with Crippen LogP contribution in [0.4, 0.5) is 0 Å². The van der Waals surface area contributed by atoms with Gasteiger partial charge in [0.05, 0.1) is 5.92 Å². The fourth-order valence-electron chi connectivity index (χ4n) is 1.11. The van der Waals surface area contributed by atoms with Gasteiger partial charge in [-0.15, -0.1) is 0 Å². The summed E-state index contributed by atoms with van der Waals surface area (Å²) in [6.45, 7) is 2.63. The highest BCUT2D eigenvalue weighted by molar-refractivity contribution is 7.98. The summed E-state index contributed by atoms with van der Waals surface area (Å²) in [6.07, 6.45) is 4.32. The van der Waals surface area contributed by atoms with Crippen LogP contribution in [0.3, 0.4) is 0 Å². The number of hydrogen-bond acceptors (Lipinski definition) is 5. The molecule has 0 aliphatic rings. The SMILES string of the molecule is CNCCCCC(N)C(=O)O.CSCC(C)C(=O)O. The smallest absolute Gasteiger partial charge is 0.320 e. The fraction of sp³-hybridized carbons (Fsp3) is 0.833. The number of carboxylic acid groups (broad SMARTS) is 2. The van der Waals surface area contributed by atoms with Crippen molar-refractivity contribution in [3.8, 4) is 0 Å². The number of nitrogens with one attached hydrogen (secondary N) is 1. The first-order valence-corrected chi connectivity index (χ1v) is 7.60. The maximum Gasteiger partial charge on any atom is 0.320 e. The van der Waals surface area contributed by atoms with E-state index < -0.39 is 18.0 Å². The summed E-state index contributed by atoms with van der Waals surface area (Å²) in [5.41, 5.74) is 5.28. The highest BCUT2D eigenvalue weighted by atomic mass is 32.2. The van der Waals surface area contributed by atoms with Crippen LogP contribution in [0.25, 0.3) is 0 Å². The summed E-state index contributed by atoms with van der Waals surface area (Å²) in [5.74, 6) is -1.12. The molecule has 0 aliphatic carbocycles. The van der Waals surface area contributed by atoms with Crippen LogP contribution >= 0.6 is 11.8 Å². The third-order valence-electron chi connectivity index (χ3n) is 2.35. The predicted molar refractivity (Wildman–Crippen MR) is 78.6 cm³/mol. The van der Waals surface area contributed by atoms with Crippen molar-refractivity contribution in [1.29, 1.82) is 0 Å². The minimum Gasteiger partial charge on any atom is -0.481 e. The number of thioether (sulfide) groups is 1. The van der Waals surface area contributed by atoms with E-state index in [0.717, 1.165) is 19.4 Å². The molecule has 0 bridgehead atoms. The predicted octanol–water partition coefficient (Wildman–Crippen LogP) is 0.858. The Kier molecular flexibility index (Phi) is 14.7. The molecule has 7 heteroatoms. The van der Waals surface area contributed by atoms with Crippen molar-refractivity contribution in [1.82, 2.24) is 5.32 Å². The molecule has 0 radical (unpaired) electrons. The van der Waals surface area contributed by atoms with E-state index in [1.165, 1.54) is 0 Å². The first-order valence-electron chi connectivity index (χ1n) is 6.21. The molecule has 2 atom stereocenters. The van der Waals surface area contributed by atoms with Crippen LogP contribution < -0.4 is 11.1 Å². The molecule has 114 valence electrons. The standard InChI is InChI=1S/C7H16N2O2.C5H10O2S/c1-9-5-3-2-4-6(8)7(10)11;1-4(3-8-2)5(6)7/h6,9H,2-5,8H2,1H3,(H,10,11);4H,3H2,1-2H3,(H,6,7). The maximum atomic E-state index is 10.2. The zero-order valence-electron chi connectivity index (χ0n) is 11.9. The highest BCUT2D eigenvalue weighted by Crippen LogP contribution is 2.03. The summed E-state index contributed by atoms with van der Waals surface area (Å²) >= 11 is 1.56. The first-order chi connectivity index (χ1) is 8.86. The van der Waals surface area contributed by atoms with Gasteiger partial charge in [-0.2, -0.15) is 11.8 Å². The van der Waals surface area contributed by atoms with E-state index >= 15 is 0 Å². The zero-order valence-corrected chi connectivity index (χ0v) is 12.7. The Morgan fingerprint density at radius 2 is 1.84 bits per heavy atom. The highest BCUT2D eigenvalue weighted by Gasteiger charge is 2.09. The van der Waals surface area contributed by atoms with Gasteiger partial charge < -0.3 is 21.3 Å². The molecular formula is C12H26N2O4S. The second-order valence-corrected chi connectivity index (χ2v) is 5.15. The van der Waals surface area contributed by atoms with Crippen LogP contribution in [0.15, 0.2) is 0 Å². The van der Waals surface area contributed by atoms with Gasteiger partial charge in [-0.3, -0.25) is 9.59 Å². The molecule has 0 aromatic heterocycles. The van der Waals surface area contributed by atoms with Crippen molar-refractivity contribution >= 4 is 23.7 Å². The van der Waals surface area contributed by atoms with E-state index in [0.29, 0.717) is 12.2 Å². The number of nitrogens with two attached hydrogens (primary N) is 1. The second kappa shape index (κ2) is 13.6. The Balaban J connectivity index is 0. The summed E-state index contributed by atoms with van der Waals surface area (Å²) in [4.78, 5) is 20.3. The van der Waals surface area contributed by atoms with Gasteiger partial charge in [0.1, 0.15) is 6.04 Å². The monoisotopic (exact) mass is 294 g/mol. The number of carbonyl (C=O) groups is 2. The summed E-state index contributed by atoms with van der Waals surface area (Å²) in [6, 6.07) is -0.688. The van der Waals surface area contributed by atoms with Crippen LogP contribution in [-0.2, 0) is 9.59 Å². The quantitative estimate of drug-likeness (QED) is 0.466. The van der Waals surface area contributed by atoms with Crippen molar-refractivity contribution in [3.05, 3.63) is 0 Å². The third-order valence-corrected chi connectivity index (χ3v) is 3.18. The van der Waals surface area contributed by atoms with Crippen LogP contribution in [0.2, 0.25) is 0 Å². The maximum absolute atomic E-state index is 10.2. The van der Waals surface area contributed by atoms with E-state index in [4.69, 9.17) is 15.9 Å². The van der Waals surface area contributed by atoms with Gasteiger partial charge in [-0.05, 0) is 32.7 Å². The van der Waals surface area contributed by atoms with Gasteiger partial charge in [0.25, 0.3) is 0 Å². The Hall–Kier alpha value is -0.790. The number of unbranched alkanes of at least 4 members (excludes halogenated alkanes) is 1. The van der Waals surface area contributed by atoms with E-state index in [2.05, 4.69) is 5.32 Å². The summed E-state index contributed by atoms with van der Waals surface area (Å²) in [7, 11) is 1.87. The summed E-state index contributed by atoms with van der Waals surface area (Å²) in [5, 5.41) is 19.7. The Labute approximate surface area is 119 Å². The largest absolute Gasteiger partial charge is 0.481 e. The molecule has 6 nitrogen and oxygen atoms in total. The molecule has 0 aliphatic heterocycles. The van der Waals surface area contributed by atoms with Gasteiger partial charge in [-0.25, -0.2) is 0 Å². The van der Waals surface area contributed by atoms with Gasteiger partial charge in [0, 0.05) is 5.75 Å². The molecule has 0 aromatic rings. The zero-order chi connectivity index (χ0) is 15.3. The van der Waals surface area contributed by atoms with Crippen LogP contribution in [0.5, 0.6) is 0 Å². The van der Waals surface area contributed by atoms with Crippen molar-refractivity contribution in [2.24, 2.45) is 11.7 Å². The number of rotatable bonds is 9. The van der Waals surface area contributed by atoms with E-state index in [9.17, 15) is 9.59 Å². The van der Waals surface area contributed by atoms with Crippen LogP contribution in [0, 0.1) is 5.92 Å². The van der Waals surface area contributed by atoms with Crippen molar-refractivity contribution in [3.63, 3.8) is 0 Å². The van der Waals surface area contributed by atoms with E-state index in [-0.39, 0.29) is 5.92 Å².